The van der Waals surface area contributed by atoms with E-state index in [-0.39, 0.29) is 29.6 Å². The summed E-state index contributed by atoms with van der Waals surface area (Å²) in [5, 5.41) is 17.0. The number of hydrogen-bond acceptors (Lipinski definition) is 6. The highest BCUT2D eigenvalue weighted by atomic mass is 35.5. The standard InChI is InChI=1S/C16H20N4O5.ClH/c21-15(18-10-11-3-1-7-17-11)4-2-8-19-13-6-5-12(20(23)24)9-14(13)25-16(19)22;/h5-6,9,11,17H,1-4,7-8,10H2,(H,18,21);1H. The van der Waals surface area contributed by atoms with Gasteiger partial charge in [-0.05, 0) is 31.9 Å². The minimum atomic E-state index is -0.578. The molecular weight excluding hydrogens is 364 g/mol. The fourth-order valence-corrected chi connectivity index (χ4v) is 3.03. The van der Waals surface area contributed by atoms with Crippen LogP contribution in [0.1, 0.15) is 25.7 Å². The molecule has 0 saturated carbocycles. The molecule has 1 aromatic heterocycles. The third-order valence-corrected chi connectivity index (χ3v) is 4.36. The molecule has 2 N–H and O–H groups in total. The zero-order chi connectivity index (χ0) is 17.8. The molecule has 2 aromatic rings. The molecule has 1 amide bonds. The van der Waals surface area contributed by atoms with Gasteiger partial charge in [0.05, 0.1) is 16.5 Å². The van der Waals surface area contributed by atoms with Gasteiger partial charge in [0.25, 0.3) is 5.69 Å². The van der Waals surface area contributed by atoms with Crippen molar-refractivity contribution in [3.05, 3.63) is 38.9 Å². The number of carbonyl (C=O) groups excluding carboxylic acids is 1. The molecule has 1 unspecified atom stereocenters. The molecule has 0 aliphatic carbocycles. The topological polar surface area (TPSA) is 119 Å². The van der Waals surface area contributed by atoms with Gasteiger partial charge in [-0.1, -0.05) is 0 Å². The molecular formula is C16H21ClN4O5. The van der Waals surface area contributed by atoms with Gasteiger partial charge in [0.1, 0.15) is 0 Å². The Hall–Kier alpha value is -2.39. The highest BCUT2D eigenvalue weighted by molar-refractivity contribution is 5.85. The lowest BCUT2D eigenvalue weighted by Crippen LogP contribution is -2.37. The number of oxazole rings is 1. The Kier molecular flexibility index (Phi) is 6.76. The summed E-state index contributed by atoms with van der Waals surface area (Å²) >= 11 is 0. The fourth-order valence-electron chi connectivity index (χ4n) is 3.03. The van der Waals surface area contributed by atoms with E-state index in [4.69, 9.17) is 4.42 Å². The lowest BCUT2D eigenvalue weighted by Gasteiger charge is -2.11. The number of rotatable bonds is 7. The van der Waals surface area contributed by atoms with Crippen molar-refractivity contribution < 1.29 is 14.1 Å². The minimum absolute atomic E-state index is 0. The van der Waals surface area contributed by atoms with Gasteiger partial charge in [-0.2, -0.15) is 0 Å². The van der Waals surface area contributed by atoms with Crippen molar-refractivity contribution in [2.75, 3.05) is 13.1 Å². The number of carbonyl (C=O) groups is 1. The van der Waals surface area contributed by atoms with Crippen LogP contribution in [0.3, 0.4) is 0 Å². The van der Waals surface area contributed by atoms with Gasteiger partial charge in [-0.15, -0.1) is 12.4 Å². The monoisotopic (exact) mass is 384 g/mol. The molecule has 1 atom stereocenters. The van der Waals surface area contributed by atoms with Gasteiger partial charge in [-0.25, -0.2) is 4.79 Å². The predicted molar refractivity (Wildman–Crippen MR) is 97.6 cm³/mol. The average Bonchev–Trinajstić information content (AvgIpc) is 3.20. The van der Waals surface area contributed by atoms with Gasteiger partial charge >= 0.3 is 5.76 Å². The number of hydrogen-bond donors (Lipinski definition) is 2. The number of benzene rings is 1. The molecule has 1 fully saturated rings. The smallest absolute Gasteiger partial charge is 0.407 e. The summed E-state index contributed by atoms with van der Waals surface area (Å²) in [7, 11) is 0. The van der Waals surface area contributed by atoms with E-state index in [1.807, 2.05) is 0 Å². The van der Waals surface area contributed by atoms with Gasteiger partial charge in [0.2, 0.25) is 5.91 Å². The number of fused-ring (bicyclic) bond motifs is 1. The Morgan fingerprint density at radius 1 is 1.46 bits per heavy atom. The van der Waals surface area contributed by atoms with E-state index < -0.39 is 10.7 Å². The van der Waals surface area contributed by atoms with E-state index in [0.717, 1.165) is 19.4 Å². The average molecular weight is 385 g/mol. The Morgan fingerprint density at radius 2 is 2.27 bits per heavy atom. The van der Waals surface area contributed by atoms with Gasteiger partial charge in [-0.3, -0.25) is 19.5 Å². The highest BCUT2D eigenvalue weighted by Gasteiger charge is 2.16. The van der Waals surface area contributed by atoms with Crippen molar-refractivity contribution in [1.29, 1.82) is 0 Å². The second kappa shape index (κ2) is 8.81. The van der Waals surface area contributed by atoms with E-state index in [1.54, 1.807) is 0 Å². The second-order valence-corrected chi connectivity index (χ2v) is 6.13. The van der Waals surface area contributed by atoms with E-state index in [0.29, 0.717) is 37.5 Å². The third-order valence-electron chi connectivity index (χ3n) is 4.36. The first kappa shape index (κ1) is 19.9. The zero-order valence-corrected chi connectivity index (χ0v) is 14.9. The first-order chi connectivity index (χ1) is 12.0. The number of halogens is 1. The molecule has 1 saturated heterocycles. The Labute approximate surface area is 155 Å². The van der Waals surface area contributed by atoms with Crippen LogP contribution in [0.15, 0.2) is 27.4 Å². The molecule has 2 heterocycles. The number of aryl methyl sites for hydroxylation is 1. The first-order valence-electron chi connectivity index (χ1n) is 8.32. The van der Waals surface area contributed by atoms with Crippen molar-refractivity contribution in [3.8, 4) is 0 Å². The summed E-state index contributed by atoms with van der Waals surface area (Å²) in [6.07, 6.45) is 2.99. The van der Waals surface area contributed by atoms with E-state index >= 15 is 0 Å². The maximum atomic E-state index is 11.9. The third kappa shape index (κ3) is 4.61. The number of non-ortho nitro benzene ring substituents is 1. The first-order valence-corrected chi connectivity index (χ1v) is 8.32. The van der Waals surface area contributed by atoms with Crippen LogP contribution >= 0.6 is 12.4 Å². The molecule has 0 bridgehead atoms. The van der Waals surface area contributed by atoms with Gasteiger partial charge in [0.15, 0.2) is 5.58 Å². The summed E-state index contributed by atoms with van der Waals surface area (Å²) in [5.41, 5.74) is 0.537. The van der Waals surface area contributed by atoms with Crippen molar-refractivity contribution >= 4 is 35.1 Å². The van der Waals surface area contributed by atoms with E-state index in [2.05, 4.69) is 10.6 Å². The molecule has 10 heteroatoms. The van der Waals surface area contributed by atoms with Crippen LogP contribution in [0.2, 0.25) is 0 Å². The molecule has 0 radical (unpaired) electrons. The summed E-state index contributed by atoms with van der Waals surface area (Å²) in [6, 6.07) is 4.40. The molecule has 1 aliphatic heterocycles. The molecule has 1 aliphatic rings. The second-order valence-electron chi connectivity index (χ2n) is 6.13. The largest absolute Gasteiger partial charge is 0.419 e. The molecule has 1 aromatic carbocycles. The minimum Gasteiger partial charge on any atom is -0.407 e. The lowest BCUT2D eigenvalue weighted by atomic mass is 10.2. The lowest BCUT2D eigenvalue weighted by molar-refractivity contribution is -0.384. The Bertz CT molecular complexity index is 841. The van der Waals surface area contributed by atoms with Crippen molar-refractivity contribution in [2.24, 2.45) is 0 Å². The Balaban J connectivity index is 0.00000243. The maximum absolute atomic E-state index is 11.9. The predicted octanol–water partition coefficient (Wildman–Crippen LogP) is 1.57. The van der Waals surface area contributed by atoms with Crippen LogP contribution in [0.4, 0.5) is 5.69 Å². The molecule has 9 nitrogen and oxygen atoms in total. The normalized spacial score (nSPS) is 16.4. The zero-order valence-electron chi connectivity index (χ0n) is 14.1. The molecule has 142 valence electrons. The van der Waals surface area contributed by atoms with Crippen molar-refractivity contribution in [2.45, 2.75) is 38.3 Å². The Morgan fingerprint density at radius 3 is 2.96 bits per heavy atom. The maximum Gasteiger partial charge on any atom is 0.419 e. The number of nitro groups is 1. The summed E-state index contributed by atoms with van der Waals surface area (Å²) in [4.78, 5) is 34.0. The van der Waals surface area contributed by atoms with Crippen LogP contribution in [0, 0.1) is 10.1 Å². The summed E-state index contributed by atoms with van der Waals surface area (Å²) < 4.78 is 6.45. The van der Waals surface area contributed by atoms with Gasteiger partial charge < -0.3 is 15.1 Å². The van der Waals surface area contributed by atoms with Crippen LogP contribution in [0.25, 0.3) is 11.1 Å². The van der Waals surface area contributed by atoms with Crippen LogP contribution in [-0.2, 0) is 11.3 Å². The SMILES string of the molecule is Cl.O=C(CCCn1c(=O)oc2cc([N+](=O)[O-])ccc21)NCC1CCCN1. The quantitative estimate of drug-likeness (QED) is 0.552. The number of aromatic nitrogens is 1. The number of nitrogens with one attached hydrogen (secondary N) is 2. The van der Waals surface area contributed by atoms with E-state index in [1.165, 1.54) is 22.8 Å². The fraction of sp³-hybridized carbons (Fsp3) is 0.500. The number of amides is 1. The van der Waals surface area contributed by atoms with Crippen LogP contribution < -0.4 is 16.4 Å². The number of nitro benzene ring substituents is 1. The van der Waals surface area contributed by atoms with Crippen molar-refractivity contribution in [1.82, 2.24) is 15.2 Å². The van der Waals surface area contributed by atoms with Crippen LogP contribution in [-0.4, -0.2) is 34.5 Å². The number of nitrogens with zero attached hydrogens (tertiary/aromatic N) is 2. The highest BCUT2D eigenvalue weighted by Crippen LogP contribution is 2.20. The summed E-state index contributed by atoms with van der Waals surface area (Å²) in [6.45, 7) is 1.94. The van der Waals surface area contributed by atoms with Gasteiger partial charge in [0, 0.05) is 31.6 Å². The molecule has 3 rings (SSSR count). The summed E-state index contributed by atoms with van der Waals surface area (Å²) in [5.74, 6) is -0.628. The van der Waals surface area contributed by atoms with Crippen molar-refractivity contribution in [3.63, 3.8) is 0 Å². The molecule has 0 spiro atoms. The molecule has 26 heavy (non-hydrogen) atoms. The van der Waals surface area contributed by atoms with Crippen LogP contribution in [0.5, 0.6) is 0 Å². The van der Waals surface area contributed by atoms with E-state index in [9.17, 15) is 19.7 Å².